The molecule has 0 spiro atoms. The summed E-state index contributed by atoms with van der Waals surface area (Å²) >= 11 is 6.03. The smallest absolute Gasteiger partial charge is 0.291 e. The number of hydrogen-bond donors (Lipinski definition) is 1. The Balaban J connectivity index is 1.42. The summed E-state index contributed by atoms with van der Waals surface area (Å²) in [5, 5.41) is 8.34. The van der Waals surface area contributed by atoms with Crippen molar-refractivity contribution in [3.05, 3.63) is 46.9 Å². The Hall–Kier alpha value is -2.84. The summed E-state index contributed by atoms with van der Waals surface area (Å²) in [5.41, 5.74) is 1.82. The lowest BCUT2D eigenvalue weighted by Gasteiger charge is -2.32. The quantitative estimate of drug-likeness (QED) is 0.708. The summed E-state index contributed by atoms with van der Waals surface area (Å²) in [4.78, 5) is 29.1. The van der Waals surface area contributed by atoms with Gasteiger partial charge < -0.3 is 19.5 Å². The largest absolute Gasteiger partial charge is 0.451 e. The first kappa shape index (κ1) is 19.5. The number of nitrogens with zero attached hydrogens (tertiary/aromatic N) is 4. The molecule has 0 atom stereocenters. The van der Waals surface area contributed by atoms with E-state index >= 15 is 0 Å². The standard InChI is InChI=1S/C20H22ClN5O3/c1-13-16-9-14(21)3-4-17(16)29-19(13)20(28)23-15-10-22-26(11-15)12-18(27)25-7-5-24(2)6-8-25/h3-4,9-11H,5-8,12H2,1-2H3,(H,23,28). The fourth-order valence-corrected chi connectivity index (χ4v) is 3.58. The van der Waals surface area contributed by atoms with E-state index in [9.17, 15) is 9.59 Å². The number of aromatic nitrogens is 2. The molecule has 1 saturated heterocycles. The third kappa shape index (κ3) is 4.13. The molecule has 1 fully saturated rings. The number of benzene rings is 1. The molecule has 152 valence electrons. The van der Waals surface area contributed by atoms with Gasteiger partial charge in [0.1, 0.15) is 12.1 Å². The zero-order valence-electron chi connectivity index (χ0n) is 16.3. The van der Waals surface area contributed by atoms with E-state index in [1.54, 1.807) is 24.4 Å². The number of anilines is 1. The molecule has 0 aliphatic carbocycles. The summed E-state index contributed by atoms with van der Waals surface area (Å²) in [6.07, 6.45) is 3.16. The molecule has 1 aliphatic heterocycles. The Kier molecular flexibility index (Phi) is 5.29. The zero-order valence-corrected chi connectivity index (χ0v) is 17.1. The Bertz CT molecular complexity index is 1070. The molecule has 1 N–H and O–H groups in total. The van der Waals surface area contributed by atoms with Crippen molar-refractivity contribution < 1.29 is 14.0 Å². The maximum absolute atomic E-state index is 12.6. The average molecular weight is 416 g/mol. The van der Waals surface area contributed by atoms with Crippen LogP contribution in [0.25, 0.3) is 11.0 Å². The lowest BCUT2D eigenvalue weighted by Crippen LogP contribution is -2.48. The topological polar surface area (TPSA) is 83.6 Å². The number of furan rings is 1. The third-order valence-corrected chi connectivity index (χ3v) is 5.38. The number of halogens is 1. The molecule has 4 rings (SSSR count). The predicted molar refractivity (Wildman–Crippen MR) is 110 cm³/mol. The molecule has 0 radical (unpaired) electrons. The number of amides is 2. The molecular weight excluding hydrogens is 394 g/mol. The van der Waals surface area contributed by atoms with Gasteiger partial charge in [-0.25, -0.2) is 0 Å². The van der Waals surface area contributed by atoms with E-state index in [1.165, 1.54) is 10.9 Å². The lowest BCUT2D eigenvalue weighted by molar-refractivity contribution is -0.133. The predicted octanol–water partition coefficient (Wildman–Crippen LogP) is 2.62. The molecule has 8 nitrogen and oxygen atoms in total. The number of carbonyl (C=O) groups is 2. The van der Waals surface area contributed by atoms with E-state index in [0.29, 0.717) is 16.3 Å². The number of hydrogen-bond acceptors (Lipinski definition) is 5. The number of fused-ring (bicyclic) bond motifs is 1. The number of carbonyl (C=O) groups excluding carboxylic acids is 2. The van der Waals surface area contributed by atoms with Gasteiger partial charge >= 0.3 is 0 Å². The van der Waals surface area contributed by atoms with E-state index in [-0.39, 0.29) is 24.1 Å². The average Bonchev–Trinajstić information content (AvgIpc) is 3.26. The van der Waals surface area contributed by atoms with Gasteiger partial charge in [-0.2, -0.15) is 5.10 Å². The molecule has 29 heavy (non-hydrogen) atoms. The summed E-state index contributed by atoms with van der Waals surface area (Å²) in [5.74, 6) is -0.132. The molecule has 3 aromatic rings. The molecule has 0 bridgehead atoms. The normalized spacial score (nSPS) is 15.1. The maximum Gasteiger partial charge on any atom is 0.291 e. The summed E-state index contributed by atoms with van der Waals surface area (Å²) < 4.78 is 7.21. The van der Waals surface area contributed by atoms with Crippen LogP contribution >= 0.6 is 11.6 Å². The van der Waals surface area contributed by atoms with Gasteiger partial charge in [-0.1, -0.05) is 11.6 Å². The van der Waals surface area contributed by atoms with Crippen LogP contribution in [0.5, 0.6) is 0 Å². The van der Waals surface area contributed by atoms with Crippen LogP contribution in [0.1, 0.15) is 16.1 Å². The Morgan fingerprint density at radius 1 is 1.24 bits per heavy atom. The maximum atomic E-state index is 12.6. The van der Waals surface area contributed by atoms with Crippen molar-refractivity contribution in [2.75, 3.05) is 38.5 Å². The second-order valence-corrected chi connectivity index (χ2v) is 7.70. The second kappa shape index (κ2) is 7.88. The van der Waals surface area contributed by atoms with Gasteiger partial charge in [0.25, 0.3) is 5.91 Å². The monoisotopic (exact) mass is 415 g/mol. The van der Waals surface area contributed by atoms with E-state index in [2.05, 4.69) is 15.3 Å². The van der Waals surface area contributed by atoms with Crippen LogP contribution in [0.15, 0.2) is 35.0 Å². The van der Waals surface area contributed by atoms with Crippen molar-refractivity contribution in [2.24, 2.45) is 0 Å². The van der Waals surface area contributed by atoms with E-state index < -0.39 is 0 Å². The molecule has 3 heterocycles. The van der Waals surface area contributed by atoms with E-state index in [1.807, 2.05) is 18.9 Å². The van der Waals surface area contributed by atoms with Gasteiger partial charge in [0.15, 0.2) is 5.76 Å². The van der Waals surface area contributed by atoms with Crippen LogP contribution < -0.4 is 5.32 Å². The SMILES string of the molecule is Cc1c(C(=O)Nc2cnn(CC(=O)N3CCN(C)CC3)c2)oc2ccc(Cl)cc12. The highest BCUT2D eigenvalue weighted by molar-refractivity contribution is 6.31. The number of rotatable bonds is 4. The van der Waals surface area contributed by atoms with Crippen LogP contribution in [-0.4, -0.2) is 64.6 Å². The number of piperazine rings is 1. The Morgan fingerprint density at radius 2 is 2.00 bits per heavy atom. The second-order valence-electron chi connectivity index (χ2n) is 7.26. The lowest BCUT2D eigenvalue weighted by atomic mass is 10.1. The van der Waals surface area contributed by atoms with Crippen molar-refractivity contribution in [3.8, 4) is 0 Å². The molecule has 1 aromatic carbocycles. The highest BCUT2D eigenvalue weighted by Crippen LogP contribution is 2.28. The Morgan fingerprint density at radius 3 is 2.76 bits per heavy atom. The first-order valence-electron chi connectivity index (χ1n) is 9.39. The van der Waals surface area contributed by atoms with Crippen molar-refractivity contribution in [3.63, 3.8) is 0 Å². The number of nitrogens with one attached hydrogen (secondary N) is 1. The first-order chi connectivity index (χ1) is 13.9. The fourth-order valence-electron chi connectivity index (χ4n) is 3.41. The molecule has 2 aromatic heterocycles. The van der Waals surface area contributed by atoms with Gasteiger partial charge in [-0.05, 0) is 32.2 Å². The van der Waals surface area contributed by atoms with Gasteiger partial charge in [0.2, 0.25) is 5.91 Å². The fraction of sp³-hybridized carbons (Fsp3) is 0.350. The van der Waals surface area contributed by atoms with Gasteiger partial charge in [-0.15, -0.1) is 0 Å². The van der Waals surface area contributed by atoms with Crippen LogP contribution in [0.3, 0.4) is 0 Å². The van der Waals surface area contributed by atoms with Gasteiger partial charge in [-0.3, -0.25) is 14.3 Å². The molecule has 0 saturated carbocycles. The van der Waals surface area contributed by atoms with Crippen molar-refractivity contribution >= 4 is 40.1 Å². The van der Waals surface area contributed by atoms with Crippen LogP contribution in [-0.2, 0) is 11.3 Å². The number of aryl methyl sites for hydroxylation is 1. The summed E-state index contributed by atoms with van der Waals surface area (Å²) in [7, 11) is 2.04. The number of likely N-dealkylation sites (N-methyl/N-ethyl adjacent to an activating group) is 1. The van der Waals surface area contributed by atoms with Crippen LogP contribution in [0.4, 0.5) is 5.69 Å². The van der Waals surface area contributed by atoms with Crippen LogP contribution in [0.2, 0.25) is 5.02 Å². The molecule has 9 heteroatoms. The minimum atomic E-state index is -0.375. The van der Waals surface area contributed by atoms with Gasteiger partial charge in [0, 0.05) is 48.3 Å². The summed E-state index contributed by atoms with van der Waals surface area (Å²) in [6, 6.07) is 5.23. The molecule has 2 amide bonds. The molecule has 1 aliphatic rings. The van der Waals surface area contributed by atoms with E-state index in [4.69, 9.17) is 16.0 Å². The third-order valence-electron chi connectivity index (χ3n) is 5.15. The molecule has 0 unspecified atom stereocenters. The highest BCUT2D eigenvalue weighted by Gasteiger charge is 2.21. The highest BCUT2D eigenvalue weighted by atomic mass is 35.5. The van der Waals surface area contributed by atoms with E-state index in [0.717, 1.165) is 37.1 Å². The van der Waals surface area contributed by atoms with Crippen molar-refractivity contribution in [1.82, 2.24) is 19.6 Å². The van der Waals surface area contributed by atoms with Crippen LogP contribution in [0, 0.1) is 6.92 Å². The molecular formula is C20H22ClN5O3. The first-order valence-corrected chi connectivity index (χ1v) is 9.77. The zero-order chi connectivity index (χ0) is 20.5. The van der Waals surface area contributed by atoms with Crippen molar-refractivity contribution in [2.45, 2.75) is 13.5 Å². The summed E-state index contributed by atoms with van der Waals surface area (Å²) in [6.45, 7) is 5.13. The minimum absolute atomic E-state index is 0.0177. The van der Waals surface area contributed by atoms with Gasteiger partial charge in [0.05, 0.1) is 11.9 Å². The minimum Gasteiger partial charge on any atom is -0.451 e. The Labute approximate surface area is 173 Å². The van der Waals surface area contributed by atoms with Crippen molar-refractivity contribution in [1.29, 1.82) is 0 Å².